The Morgan fingerprint density at radius 3 is 2.37 bits per heavy atom. The van der Waals surface area contributed by atoms with E-state index in [4.69, 9.17) is 9.47 Å². The predicted octanol–water partition coefficient (Wildman–Crippen LogP) is 8.28. The van der Waals surface area contributed by atoms with Crippen LogP contribution in [0.25, 0.3) is 16.5 Å². The monoisotopic (exact) mass is 713 g/mol. The molecule has 1 fully saturated rings. The molecule has 1 saturated heterocycles. The zero-order chi connectivity index (χ0) is 35.5. The van der Waals surface area contributed by atoms with Gasteiger partial charge in [0.1, 0.15) is 18.1 Å². The summed E-state index contributed by atoms with van der Waals surface area (Å²) in [7, 11) is 1.29. The van der Waals surface area contributed by atoms with Crippen LogP contribution in [0.2, 0.25) is 0 Å². The van der Waals surface area contributed by atoms with Crippen LogP contribution >= 0.6 is 23.1 Å². The molecule has 1 atom stereocenters. The molecule has 1 unspecified atom stereocenters. The zero-order valence-corrected chi connectivity index (χ0v) is 29.2. The van der Waals surface area contributed by atoms with Crippen molar-refractivity contribution in [1.82, 2.24) is 10.2 Å². The van der Waals surface area contributed by atoms with Crippen LogP contribution in [-0.2, 0) is 26.7 Å². The lowest BCUT2D eigenvalue weighted by Crippen LogP contribution is -2.29. The fraction of sp³-hybridized carbons (Fsp3) is 0.125. The maximum absolute atomic E-state index is 13.8. The first-order valence-electron chi connectivity index (χ1n) is 16.0. The molecule has 254 valence electrons. The Balaban J connectivity index is 1.20. The average Bonchev–Trinajstić information content (AvgIpc) is 3.74. The van der Waals surface area contributed by atoms with E-state index in [1.165, 1.54) is 35.1 Å². The summed E-state index contributed by atoms with van der Waals surface area (Å²) >= 11 is 2.67. The molecule has 9 nitrogen and oxygen atoms in total. The molecule has 5 aromatic carbocycles. The van der Waals surface area contributed by atoms with Crippen LogP contribution in [0, 0.1) is 6.92 Å². The first-order chi connectivity index (χ1) is 24.8. The third-order valence-electron chi connectivity index (χ3n) is 8.54. The van der Waals surface area contributed by atoms with Crippen molar-refractivity contribution in [2.75, 3.05) is 12.0 Å². The number of aliphatic hydroxyl groups excluding tert-OH is 1. The van der Waals surface area contributed by atoms with Gasteiger partial charge in [-0.25, -0.2) is 4.79 Å². The lowest BCUT2D eigenvalue weighted by atomic mass is 9.94. The fourth-order valence-corrected chi connectivity index (χ4v) is 7.89. The van der Waals surface area contributed by atoms with E-state index in [2.05, 4.69) is 34.5 Å². The number of carbonyl (C=O) groups is 3. The number of Topliss-reactive ketones (excluding diaryl/α,β-unsaturated/α-hetero) is 1. The second-order valence-corrected chi connectivity index (χ2v) is 14.0. The number of aromatic nitrogens is 2. The molecule has 51 heavy (non-hydrogen) atoms. The van der Waals surface area contributed by atoms with Crippen molar-refractivity contribution in [2.24, 2.45) is 0 Å². The van der Waals surface area contributed by atoms with Crippen molar-refractivity contribution in [2.45, 2.75) is 29.7 Å². The van der Waals surface area contributed by atoms with Gasteiger partial charge in [0.15, 0.2) is 4.34 Å². The Bertz CT molecular complexity index is 2290. The molecule has 2 heterocycles. The van der Waals surface area contributed by atoms with Crippen LogP contribution in [0.4, 0.5) is 5.13 Å². The molecule has 1 aromatic heterocycles. The number of ether oxygens (including phenoxy) is 2. The van der Waals surface area contributed by atoms with Gasteiger partial charge in [0.2, 0.25) is 5.13 Å². The molecule has 0 bridgehead atoms. The summed E-state index contributed by atoms with van der Waals surface area (Å²) in [4.78, 5) is 41.0. The lowest BCUT2D eigenvalue weighted by molar-refractivity contribution is -0.132. The van der Waals surface area contributed by atoms with Gasteiger partial charge in [-0.2, -0.15) is 0 Å². The van der Waals surface area contributed by atoms with Crippen LogP contribution < -0.4 is 9.64 Å². The van der Waals surface area contributed by atoms with Gasteiger partial charge in [0, 0.05) is 11.3 Å². The second kappa shape index (κ2) is 14.6. The quantitative estimate of drug-likeness (QED) is 0.0374. The molecule has 0 saturated carbocycles. The first-order valence-corrected chi connectivity index (χ1v) is 17.8. The number of aryl methyl sites for hydroxylation is 1. The highest BCUT2D eigenvalue weighted by atomic mass is 32.2. The van der Waals surface area contributed by atoms with E-state index in [1.807, 2.05) is 49.4 Å². The van der Waals surface area contributed by atoms with Crippen molar-refractivity contribution < 1.29 is 29.0 Å². The van der Waals surface area contributed by atoms with Crippen molar-refractivity contribution in [3.63, 3.8) is 0 Å². The number of hydrogen-bond donors (Lipinski definition) is 1. The third kappa shape index (κ3) is 6.99. The van der Waals surface area contributed by atoms with Gasteiger partial charge in [-0.05, 0) is 70.8 Å². The molecule has 6 aromatic rings. The van der Waals surface area contributed by atoms with Crippen LogP contribution in [0.1, 0.15) is 44.2 Å². The number of esters is 1. The number of benzene rings is 5. The number of ketones is 1. The highest BCUT2D eigenvalue weighted by molar-refractivity contribution is 8.00. The number of anilines is 1. The van der Waals surface area contributed by atoms with Crippen molar-refractivity contribution in [1.29, 1.82) is 0 Å². The van der Waals surface area contributed by atoms with Gasteiger partial charge in [-0.3, -0.25) is 14.5 Å². The Kier molecular flexibility index (Phi) is 9.65. The standard InChI is InChI=1S/C40H31N3O6S2/c1-24-7-5-8-25(21-24)22-49-31-19-17-28(18-20-31)35(44)33-34(27-13-15-29(16-14-27)38(47)48-2)43(37(46)36(33)45)39-41-42-40(51-39)50-23-30-11-6-10-26-9-3-4-12-32(26)30/h3-21,34,44H,22-23H2,1-2H3/b35-33+. The van der Waals surface area contributed by atoms with E-state index >= 15 is 0 Å². The summed E-state index contributed by atoms with van der Waals surface area (Å²) in [6.45, 7) is 2.38. The molecule has 0 radical (unpaired) electrons. The summed E-state index contributed by atoms with van der Waals surface area (Å²) in [5, 5.41) is 22.8. The summed E-state index contributed by atoms with van der Waals surface area (Å²) in [5.41, 5.74) is 4.28. The summed E-state index contributed by atoms with van der Waals surface area (Å²) in [5.74, 6) is -1.40. The average molecular weight is 714 g/mol. The van der Waals surface area contributed by atoms with E-state index in [-0.39, 0.29) is 16.5 Å². The number of methoxy groups -OCH3 is 1. The Morgan fingerprint density at radius 2 is 1.61 bits per heavy atom. The molecule has 1 aliphatic rings. The van der Waals surface area contributed by atoms with Crippen molar-refractivity contribution in [3.8, 4) is 5.75 Å². The number of rotatable bonds is 10. The van der Waals surface area contributed by atoms with Gasteiger partial charge in [-0.15, -0.1) is 10.2 Å². The first kappa shape index (κ1) is 33.7. The van der Waals surface area contributed by atoms with Gasteiger partial charge in [0.05, 0.1) is 24.3 Å². The molecule has 7 rings (SSSR count). The highest BCUT2D eigenvalue weighted by Gasteiger charge is 2.48. The van der Waals surface area contributed by atoms with Crippen LogP contribution in [0.5, 0.6) is 5.75 Å². The molecule has 1 N–H and O–H groups in total. The van der Waals surface area contributed by atoms with E-state index < -0.39 is 23.7 Å². The molecule has 11 heteroatoms. The number of amides is 1. The number of fused-ring (bicyclic) bond motifs is 1. The lowest BCUT2D eigenvalue weighted by Gasteiger charge is -2.22. The van der Waals surface area contributed by atoms with Crippen molar-refractivity contribution >= 4 is 62.4 Å². The normalized spacial score (nSPS) is 15.3. The highest BCUT2D eigenvalue weighted by Crippen LogP contribution is 2.44. The summed E-state index contributed by atoms with van der Waals surface area (Å²) in [6.07, 6.45) is 0. The topological polar surface area (TPSA) is 119 Å². The Hall–Kier alpha value is -5.78. The molecule has 1 amide bonds. The van der Waals surface area contributed by atoms with Crippen LogP contribution in [0.15, 0.2) is 125 Å². The minimum absolute atomic E-state index is 0.112. The van der Waals surface area contributed by atoms with E-state index in [9.17, 15) is 19.5 Å². The Labute approximate surface area is 302 Å². The Morgan fingerprint density at radius 1 is 0.882 bits per heavy atom. The fourth-order valence-electron chi connectivity index (χ4n) is 6.01. The maximum atomic E-state index is 13.8. The number of nitrogens with zero attached hydrogens (tertiary/aromatic N) is 3. The molecule has 0 spiro atoms. The zero-order valence-electron chi connectivity index (χ0n) is 27.6. The largest absolute Gasteiger partial charge is 0.507 e. The second-order valence-electron chi connectivity index (χ2n) is 11.9. The van der Waals surface area contributed by atoms with Crippen LogP contribution in [-0.4, -0.2) is 40.1 Å². The van der Waals surface area contributed by atoms with Gasteiger partial charge in [-0.1, -0.05) is 108 Å². The van der Waals surface area contributed by atoms with E-state index in [1.54, 1.807) is 48.5 Å². The molecule has 1 aliphatic heterocycles. The number of hydrogen-bond acceptors (Lipinski definition) is 10. The van der Waals surface area contributed by atoms with Crippen LogP contribution in [0.3, 0.4) is 0 Å². The predicted molar refractivity (Wildman–Crippen MR) is 198 cm³/mol. The maximum Gasteiger partial charge on any atom is 0.337 e. The summed E-state index contributed by atoms with van der Waals surface area (Å²) in [6, 6.07) is 34.3. The van der Waals surface area contributed by atoms with Gasteiger partial charge in [0.25, 0.3) is 5.78 Å². The minimum atomic E-state index is -1.04. The number of carbonyl (C=O) groups excluding carboxylic acids is 3. The smallest absolute Gasteiger partial charge is 0.337 e. The molecule has 0 aliphatic carbocycles. The van der Waals surface area contributed by atoms with Gasteiger partial charge >= 0.3 is 11.9 Å². The van der Waals surface area contributed by atoms with E-state index in [0.29, 0.717) is 39.1 Å². The molecular weight excluding hydrogens is 683 g/mol. The van der Waals surface area contributed by atoms with Gasteiger partial charge < -0.3 is 14.6 Å². The van der Waals surface area contributed by atoms with E-state index in [0.717, 1.165) is 27.5 Å². The minimum Gasteiger partial charge on any atom is -0.507 e. The molecular formula is C40H31N3O6S2. The SMILES string of the molecule is COC(=O)c1ccc(C2/C(=C(\O)c3ccc(OCc4cccc(C)c4)cc3)C(=O)C(=O)N2c2nnc(SCc3cccc4ccccc34)s2)cc1. The number of thioether (sulfide) groups is 1. The third-order valence-corrected chi connectivity index (χ3v) is 10.6. The summed E-state index contributed by atoms with van der Waals surface area (Å²) < 4.78 is 11.4. The number of aliphatic hydroxyl groups is 1. The van der Waals surface area contributed by atoms with Crippen molar-refractivity contribution in [3.05, 3.63) is 154 Å².